The van der Waals surface area contributed by atoms with Gasteiger partial charge >= 0.3 is 0 Å². The number of hydrogen-bond acceptors (Lipinski definition) is 16. The highest BCUT2D eigenvalue weighted by Gasteiger charge is 2.21. The Morgan fingerprint density at radius 1 is 0.186 bits per heavy atom. The largest absolute Gasteiger partial charge is 0.241 e. The summed E-state index contributed by atoms with van der Waals surface area (Å²) >= 11 is 3.20. The second-order valence-corrected chi connectivity index (χ2v) is 30.5. The van der Waals surface area contributed by atoms with E-state index >= 15 is 0 Å². The predicted molar refractivity (Wildman–Crippen MR) is 479 cm³/mol. The van der Waals surface area contributed by atoms with Gasteiger partial charge in [0.15, 0.2) is 34.9 Å². The number of hydrogen-bond donors (Lipinski definition) is 0. The van der Waals surface area contributed by atoms with Crippen LogP contribution in [0.3, 0.4) is 0 Å². The van der Waals surface area contributed by atoms with Gasteiger partial charge in [-0.05, 0) is 96.2 Å². The monoisotopic (exact) mass is 1550 g/mol. The third kappa shape index (κ3) is 14.0. The smallest absolute Gasteiger partial charge is 0.164 e. The zero-order valence-electron chi connectivity index (χ0n) is 62.9. The molecule has 0 aliphatic rings. The van der Waals surface area contributed by atoms with E-state index in [-0.39, 0.29) is 0 Å². The molecule has 118 heavy (non-hydrogen) atoms. The van der Waals surface area contributed by atoms with Crippen molar-refractivity contribution in [2.45, 2.75) is 0 Å². The number of para-hydroxylation sites is 3. The second-order valence-electron chi connectivity index (χ2n) is 28.5. The van der Waals surface area contributed by atoms with Crippen LogP contribution in [0, 0.1) is 0 Å². The molecule has 0 aliphatic heterocycles. The Kier molecular flexibility index (Phi) is 18.3. The summed E-state index contributed by atoms with van der Waals surface area (Å²) in [6.45, 7) is 0. The molecule has 22 aromatic rings. The van der Waals surface area contributed by atoms with Gasteiger partial charge in [0, 0.05) is 55.3 Å². The number of nitrogens with zero attached hydrogens (tertiary/aromatic N) is 14. The van der Waals surface area contributed by atoms with E-state index in [1.54, 1.807) is 29.0 Å². The highest BCUT2D eigenvalue weighted by Crippen LogP contribution is 2.42. The molecule has 8 heterocycles. The minimum atomic E-state index is 0.627. The van der Waals surface area contributed by atoms with Crippen LogP contribution in [0.5, 0.6) is 0 Å². The van der Waals surface area contributed by atoms with Crippen molar-refractivity contribution in [1.29, 1.82) is 0 Å². The van der Waals surface area contributed by atoms with E-state index < -0.39 is 0 Å². The van der Waals surface area contributed by atoms with Gasteiger partial charge in [-0.2, -0.15) is 0 Å². The number of benzene rings is 14. The van der Waals surface area contributed by atoms with E-state index in [9.17, 15) is 0 Å². The number of rotatable bonds is 14. The average molecular weight is 1550 g/mol. The molecule has 0 spiro atoms. The molecule has 0 radical (unpaired) electrons. The fraction of sp³-hybridized carbons (Fsp3) is 0. The molecule has 14 nitrogen and oxygen atoms in total. The average Bonchev–Trinajstić information content (AvgIpc) is 1.60. The van der Waals surface area contributed by atoms with Crippen LogP contribution >= 0.6 is 22.7 Å². The molecule has 0 saturated heterocycles. The molecule has 8 aromatic heterocycles. The van der Waals surface area contributed by atoms with E-state index in [1.165, 1.54) is 11.1 Å². The summed E-state index contributed by atoms with van der Waals surface area (Å²) in [7, 11) is 0. The number of thiophene rings is 2. The summed E-state index contributed by atoms with van der Waals surface area (Å²) in [5.41, 5.74) is 28.1. The minimum absolute atomic E-state index is 0.627. The van der Waals surface area contributed by atoms with E-state index in [2.05, 4.69) is 275 Å². The lowest BCUT2D eigenvalue weighted by molar-refractivity contribution is 0.904. The molecule has 0 fully saturated rings. The maximum Gasteiger partial charge on any atom is 0.164 e. The van der Waals surface area contributed by atoms with Gasteiger partial charge in [0.1, 0.15) is 38.2 Å². The minimum Gasteiger partial charge on any atom is -0.241 e. The Bertz CT molecular complexity index is 7010. The fourth-order valence-corrected chi connectivity index (χ4v) is 17.1. The van der Waals surface area contributed by atoms with Crippen LogP contribution < -0.4 is 0 Å². The Hall–Kier alpha value is -15.6. The van der Waals surface area contributed by atoms with Crippen molar-refractivity contribution in [3.8, 4) is 158 Å². The first kappa shape index (κ1) is 70.3. The van der Waals surface area contributed by atoms with Crippen molar-refractivity contribution in [1.82, 2.24) is 70.2 Å². The Morgan fingerprint density at radius 2 is 0.466 bits per heavy atom. The van der Waals surface area contributed by atoms with Crippen LogP contribution in [-0.2, 0) is 0 Å². The first-order chi connectivity index (χ1) is 58.4. The quantitative estimate of drug-likeness (QED) is 0.100. The molecule has 0 aliphatic carbocycles. The van der Waals surface area contributed by atoms with Crippen molar-refractivity contribution in [2.75, 3.05) is 0 Å². The topological polar surface area (TPSA) is 180 Å². The lowest BCUT2D eigenvalue weighted by Crippen LogP contribution is -2.00. The summed E-state index contributed by atoms with van der Waals surface area (Å²) in [5, 5.41) is 15.1. The van der Waals surface area contributed by atoms with Gasteiger partial charge in [-0.1, -0.05) is 346 Å². The molecular weight excluding hydrogens is 1490 g/mol. The van der Waals surface area contributed by atoms with Gasteiger partial charge in [0.2, 0.25) is 0 Å². The molecule has 22 rings (SSSR count). The zero-order valence-corrected chi connectivity index (χ0v) is 64.5. The zero-order chi connectivity index (χ0) is 78.2. The SMILES string of the molecule is c1ccc(-c2ccc(-c3nc(-c4ccccc4)nc(-c4ccc(-c5ccc(-c6ccc(-c7ncnc8c7sc7nc9ccccc9nc78)cc6)cc5)cc4)n3)cc2)cc1.c1ccc(-c2ccc(-c3nc(-c4ccccc4)nc(-c4ccc(-c5ccc(-c6ccc(-c7nnnc8c7sc7nc9ccccc9cc78)cc6)cc5)cc4)n3)cc2)cc1. The number of fused-ring (bicyclic) bond motifs is 8. The van der Waals surface area contributed by atoms with Crippen LogP contribution in [0.15, 0.2) is 376 Å². The van der Waals surface area contributed by atoms with Crippen molar-refractivity contribution >= 4 is 85.6 Å². The highest BCUT2D eigenvalue weighted by molar-refractivity contribution is 7.26. The summed E-state index contributed by atoms with van der Waals surface area (Å²) in [5.74, 6) is 3.80. The molecule has 0 N–H and O–H groups in total. The van der Waals surface area contributed by atoms with E-state index in [0.717, 1.165) is 174 Å². The first-order valence-corrected chi connectivity index (χ1v) is 40.2. The Labute approximate surface area is 685 Å². The van der Waals surface area contributed by atoms with Gasteiger partial charge in [-0.3, -0.25) is 0 Å². The van der Waals surface area contributed by atoms with E-state index in [1.807, 2.05) is 115 Å². The standard InChI is InChI=1S/2C51H31N7S/c1-3-9-32(10-4-1)33-21-27-40(28-22-33)49-56-48(39-11-5-2-6-12-39)57-50(58-49)41-29-23-37(24-30-41)35-17-15-34(16-18-35)36-19-25-38(26-20-36)44-47-45(53-31-52-44)46-51(59-47)55-43-14-8-7-13-42(43)54-46;1-3-9-32(10-4-1)33-21-27-40(28-22-33)49-53-48(39-11-5-2-6-12-39)54-50(55-49)41-29-23-37(24-30-41)35-17-15-34(16-18-35)36-19-25-38(26-20-36)45-47-46(57-58-56-45)43-31-42-13-7-8-14-44(42)52-51(43)59-47/h2*1-31H. The number of pyridine rings is 1. The third-order valence-corrected chi connectivity index (χ3v) is 23.3. The van der Waals surface area contributed by atoms with Crippen LogP contribution in [0.25, 0.3) is 221 Å². The molecule has 0 amide bonds. The third-order valence-electron chi connectivity index (χ3n) is 21.2. The molecule has 552 valence electrons. The van der Waals surface area contributed by atoms with Gasteiger partial charge in [0.25, 0.3) is 0 Å². The number of aromatic nitrogens is 14. The van der Waals surface area contributed by atoms with Gasteiger partial charge < -0.3 is 0 Å². The molecule has 0 atom stereocenters. The summed E-state index contributed by atoms with van der Waals surface area (Å²) < 4.78 is 1.98. The lowest BCUT2D eigenvalue weighted by atomic mass is 9.98. The first-order valence-electron chi connectivity index (χ1n) is 38.6. The van der Waals surface area contributed by atoms with Crippen LogP contribution in [0.2, 0.25) is 0 Å². The lowest BCUT2D eigenvalue weighted by Gasteiger charge is -2.10. The molecule has 0 unspecified atom stereocenters. The van der Waals surface area contributed by atoms with Gasteiger partial charge in [0.05, 0.1) is 31.6 Å². The van der Waals surface area contributed by atoms with Crippen molar-refractivity contribution < 1.29 is 0 Å². The summed E-state index contributed by atoms with van der Waals surface area (Å²) in [4.78, 5) is 55.4. The highest BCUT2D eigenvalue weighted by atomic mass is 32.1. The van der Waals surface area contributed by atoms with Gasteiger partial charge in [-0.25, -0.2) is 54.8 Å². The summed E-state index contributed by atoms with van der Waals surface area (Å²) in [6.07, 6.45) is 1.62. The van der Waals surface area contributed by atoms with Crippen molar-refractivity contribution in [3.05, 3.63) is 376 Å². The van der Waals surface area contributed by atoms with Gasteiger partial charge in [-0.15, -0.1) is 32.9 Å². The molecule has 0 saturated carbocycles. The van der Waals surface area contributed by atoms with Crippen molar-refractivity contribution in [2.24, 2.45) is 0 Å². The van der Waals surface area contributed by atoms with Crippen LogP contribution in [0.4, 0.5) is 0 Å². The maximum atomic E-state index is 4.98. The predicted octanol–water partition coefficient (Wildman–Crippen LogP) is 25.3. The molecule has 14 aromatic carbocycles. The van der Waals surface area contributed by atoms with Crippen molar-refractivity contribution in [3.63, 3.8) is 0 Å². The molecule has 16 heteroatoms. The Morgan fingerprint density at radius 3 is 0.856 bits per heavy atom. The molecule has 0 bridgehead atoms. The van der Waals surface area contributed by atoms with Crippen LogP contribution in [-0.4, -0.2) is 70.2 Å². The molecular formula is C102H62N14S2. The second kappa shape index (κ2) is 30.7. The maximum absolute atomic E-state index is 4.98. The van der Waals surface area contributed by atoms with E-state index in [4.69, 9.17) is 49.8 Å². The fourth-order valence-electron chi connectivity index (χ4n) is 14.9. The normalized spacial score (nSPS) is 11.4. The van der Waals surface area contributed by atoms with Crippen LogP contribution in [0.1, 0.15) is 0 Å². The van der Waals surface area contributed by atoms with E-state index in [0.29, 0.717) is 34.9 Å². The summed E-state index contributed by atoms with van der Waals surface area (Å²) in [6, 6.07) is 127. The Balaban J connectivity index is 0.000000147.